The van der Waals surface area contributed by atoms with Gasteiger partial charge in [0.15, 0.2) is 0 Å². The quantitative estimate of drug-likeness (QED) is 0.484. The van der Waals surface area contributed by atoms with Gasteiger partial charge in [-0.25, -0.2) is 0 Å². The molecule has 1 atom stereocenters. The Hall–Kier alpha value is -3.33. The number of likely N-dealkylation sites (N-methyl/N-ethyl adjacent to an activating group) is 1. The number of carbonyl (C=O) groups is 3. The summed E-state index contributed by atoms with van der Waals surface area (Å²) in [7, 11) is 0. The van der Waals surface area contributed by atoms with Gasteiger partial charge in [0.2, 0.25) is 17.7 Å². The number of ether oxygens (including phenoxy) is 1. The molecule has 0 bridgehead atoms. The number of benzene rings is 1. The number of aromatic nitrogens is 2. The molecule has 0 spiro atoms. The van der Waals surface area contributed by atoms with Crippen LogP contribution in [0.25, 0.3) is 0 Å². The van der Waals surface area contributed by atoms with Crippen molar-refractivity contribution in [1.82, 2.24) is 24.7 Å². The van der Waals surface area contributed by atoms with Crippen LogP contribution in [0.2, 0.25) is 0 Å². The fourth-order valence-electron chi connectivity index (χ4n) is 4.11. The highest BCUT2D eigenvalue weighted by Crippen LogP contribution is 2.13. The molecular weight excluding hydrogens is 446 g/mol. The number of hydrogen-bond acceptors (Lipinski definition) is 6. The van der Waals surface area contributed by atoms with Gasteiger partial charge in [-0.2, -0.15) is 0 Å². The number of hydrogen-bond donors (Lipinski definition) is 0. The molecular formula is C26H35N5O4. The third kappa shape index (κ3) is 8.13. The summed E-state index contributed by atoms with van der Waals surface area (Å²) < 4.78 is 5.98. The maximum Gasteiger partial charge on any atom is 0.248 e. The van der Waals surface area contributed by atoms with Crippen molar-refractivity contribution in [3.05, 3.63) is 60.2 Å². The Morgan fingerprint density at radius 3 is 2.54 bits per heavy atom. The third-order valence-corrected chi connectivity index (χ3v) is 6.16. The molecule has 0 N–H and O–H groups in total. The van der Waals surface area contributed by atoms with Crippen molar-refractivity contribution in [3.63, 3.8) is 0 Å². The van der Waals surface area contributed by atoms with Crippen molar-refractivity contribution < 1.29 is 19.1 Å². The van der Waals surface area contributed by atoms with E-state index in [2.05, 4.69) is 9.97 Å². The average molecular weight is 482 g/mol. The van der Waals surface area contributed by atoms with E-state index in [9.17, 15) is 14.4 Å². The van der Waals surface area contributed by atoms with Crippen molar-refractivity contribution in [1.29, 1.82) is 0 Å². The Bertz CT molecular complexity index is 953. The highest BCUT2D eigenvalue weighted by Gasteiger charge is 2.31. The molecule has 9 nitrogen and oxygen atoms in total. The zero-order chi connectivity index (χ0) is 25.0. The lowest BCUT2D eigenvalue weighted by molar-refractivity contribution is -0.139. The van der Waals surface area contributed by atoms with E-state index in [0.29, 0.717) is 39.0 Å². The topological polar surface area (TPSA) is 95.9 Å². The molecule has 1 aromatic carbocycles. The van der Waals surface area contributed by atoms with Gasteiger partial charge in [0, 0.05) is 57.7 Å². The number of rotatable bonds is 11. The maximum atomic E-state index is 13.1. The SMILES string of the molecule is CCN(CC)C(=O)CO[C@H]1CN(CCc2ccccc2)C(=O)CN(C(=O)CCc2cnccn2)C1. The minimum atomic E-state index is -0.447. The Kier molecular flexibility index (Phi) is 10.2. The second kappa shape index (κ2) is 13.5. The van der Waals surface area contributed by atoms with E-state index >= 15 is 0 Å². The molecule has 1 aliphatic heterocycles. The molecule has 1 fully saturated rings. The molecule has 0 unspecified atom stereocenters. The zero-order valence-corrected chi connectivity index (χ0v) is 20.6. The first-order chi connectivity index (χ1) is 17.0. The molecule has 188 valence electrons. The Morgan fingerprint density at radius 1 is 1.09 bits per heavy atom. The van der Waals surface area contributed by atoms with Crippen molar-refractivity contribution in [3.8, 4) is 0 Å². The van der Waals surface area contributed by atoms with E-state index in [1.165, 1.54) is 0 Å². The summed E-state index contributed by atoms with van der Waals surface area (Å²) >= 11 is 0. The molecule has 0 aliphatic carbocycles. The van der Waals surface area contributed by atoms with Gasteiger partial charge in [0.25, 0.3) is 0 Å². The van der Waals surface area contributed by atoms with E-state index in [1.807, 2.05) is 44.2 Å². The Balaban J connectivity index is 1.66. The van der Waals surface area contributed by atoms with Crippen LogP contribution in [-0.2, 0) is 32.0 Å². The number of aryl methyl sites for hydroxylation is 1. The fourth-order valence-corrected chi connectivity index (χ4v) is 4.11. The van der Waals surface area contributed by atoms with Gasteiger partial charge < -0.3 is 19.4 Å². The monoisotopic (exact) mass is 481 g/mol. The second-order valence-corrected chi connectivity index (χ2v) is 8.55. The highest BCUT2D eigenvalue weighted by molar-refractivity contribution is 5.85. The lowest BCUT2D eigenvalue weighted by Crippen LogP contribution is -2.41. The molecule has 0 radical (unpaired) electrons. The van der Waals surface area contributed by atoms with Crippen molar-refractivity contribution in [2.75, 3.05) is 45.9 Å². The van der Waals surface area contributed by atoms with Crippen LogP contribution in [0.1, 0.15) is 31.5 Å². The molecule has 0 saturated carbocycles. The summed E-state index contributed by atoms with van der Waals surface area (Å²) in [6.45, 7) is 6.11. The van der Waals surface area contributed by atoms with Gasteiger partial charge in [-0.3, -0.25) is 24.4 Å². The summed E-state index contributed by atoms with van der Waals surface area (Å²) in [6.07, 6.45) is 5.75. The van der Waals surface area contributed by atoms with E-state index in [-0.39, 0.29) is 43.8 Å². The molecule has 3 amide bonds. The standard InChI is InChI=1S/C26H35N5O4/c1-3-29(4-2)26(34)20-35-23-17-30(15-12-21-8-6-5-7-9-21)25(33)19-31(18-23)24(32)11-10-22-16-27-13-14-28-22/h5-9,13-14,16,23H,3-4,10-12,15,17-20H2,1-2H3/t23-/m0/s1. The number of amides is 3. The van der Waals surface area contributed by atoms with Crippen molar-refractivity contribution in [2.24, 2.45) is 0 Å². The second-order valence-electron chi connectivity index (χ2n) is 8.55. The zero-order valence-electron chi connectivity index (χ0n) is 20.6. The maximum absolute atomic E-state index is 13.1. The van der Waals surface area contributed by atoms with Crippen LogP contribution in [0.15, 0.2) is 48.9 Å². The van der Waals surface area contributed by atoms with Crippen LogP contribution in [0.4, 0.5) is 0 Å². The number of carbonyl (C=O) groups excluding carboxylic acids is 3. The molecule has 35 heavy (non-hydrogen) atoms. The summed E-state index contributed by atoms with van der Waals surface area (Å²) in [5.41, 5.74) is 1.86. The molecule has 2 heterocycles. The van der Waals surface area contributed by atoms with Crippen molar-refractivity contribution >= 4 is 17.7 Å². The summed E-state index contributed by atoms with van der Waals surface area (Å²) in [5.74, 6) is -0.352. The molecule has 2 aromatic rings. The van der Waals surface area contributed by atoms with E-state index in [1.54, 1.807) is 33.3 Å². The van der Waals surface area contributed by atoms with Gasteiger partial charge in [0.1, 0.15) is 6.61 Å². The lowest BCUT2D eigenvalue weighted by Gasteiger charge is -2.26. The van der Waals surface area contributed by atoms with Crippen molar-refractivity contribution in [2.45, 2.75) is 39.2 Å². The van der Waals surface area contributed by atoms with Crippen LogP contribution in [-0.4, -0.2) is 94.4 Å². The average Bonchev–Trinajstić information content (AvgIpc) is 3.05. The third-order valence-electron chi connectivity index (χ3n) is 6.16. The van der Waals surface area contributed by atoms with E-state index < -0.39 is 6.10 Å². The van der Waals surface area contributed by atoms with Crippen LogP contribution >= 0.6 is 0 Å². The Labute approximate surface area is 207 Å². The predicted molar refractivity (Wildman–Crippen MR) is 131 cm³/mol. The lowest BCUT2D eigenvalue weighted by atomic mass is 10.1. The van der Waals surface area contributed by atoms with Gasteiger partial charge in [-0.15, -0.1) is 0 Å². The minimum Gasteiger partial charge on any atom is -0.365 e. The Morgan fingerprint density at radius 2 is 1.86 bits per heavy atom. The fraction of sp³-hybridized carbons (Fsp3) is 0.500. The molecule has 1 aromatic heterocycles. The van der Waals surface area contributed by atoms with Crippen LogP contribution in [0.5, 0.6) is 0 Å². The predicted octanol–water partition coefficient (Wildman–Crippen LogP) is 1.58. The van der Waals surface area contributed by atoms with E-state index in [0.717, 1.165) is 11.3 Å². The highest BCUT2D eigenvalue weighted by atomic mass is 16.5. The molecule has 1 aliphatic rings. The molecule has 1 saturated heterocycles. The first-order valence-corrected chi connectivity index (χ1v) is 12.2. The first kappa shape index (κ1) is 26.3. The molecule has 3 rings (SSSR count). The smallest absolute Gasteiger partial charge is 0.248 e. The summed E-state index contributed by atoms with van der Waals surface area (Å²) in [4.78, 5) is 51.8. The summed E-state index contributed by atoms with van der Waals surface area (Å²) in [5, 5.41) is 0. The van der Waals surface area contributed by atoms with Gasteiger partial charge >= 0.3 is 0 Å². The van der Waals surface area contributed by atoms with Crippen LogP contribution in [0.3, 0.4) is 0 Å². The van der Waals surface area contributed by atoms with E-state index in [4.69, 9.17) is 4.74 Å². The summed E-state index contributed by atoms with van der Waals surface area (Å²) in [6, 6.07) is 9.97. The minimum absolute atomic E-state index is 0.00204. The van der Waals surface area contributed by atoms with Gasteiger partial charge in [-0.05, 0) is 32.3 Å². The number of nitrogens with zero attached hydrogens (tertiary/aromatic N) is 5. The van der Waals surface area contributed by atoms with Gasteiger partial charge in [0.05, 0.1) is 18.3 Å². The molecule has 9 heteroatoms. The normalized spacial score (nSPS) is 16.2. The largest absolute Gasteiger partial charge is 0.365 e. The first-order valence-electron chi connectivity index (χ1n) is 12.2. The van der Waals surface area contributed by atoms with Gasteiger partial charge in [-0.1, -0.05) is 30.3 Å². The van der Waals surface area contributed by atoms with Crippen LogP contribution < -0.4 is 0 Å². The van der Waals surface area contributed by atoms with Crippen LogP contribution in [0, 0.1) is 0 Å².